The standard InChI is InChI=1S/C12H11N3O/c1-3-15-7-9(6-13)11(16)10-5-4-8(2)14-12(10)15/h4-5,7H,3H2,1-2H3/i6+1. The van der Waals surface area contributed by atoms with Crippen LogP contribution in [0.1, 0.15) is 18.2 Å². The molecule has 0 aliphatic carbocycles. The molecular weight excluding hydrogens is 203 g/mol. The van der Waals surface area contributed by atoms with E-state index in [1.165, 1.54) is 0 Å². The fourth-order valence-electron chi connectivity index (χ4n) is 1.68. The maximum Gasteiger partial charge on any atom is 0.208 e. The molecule has 0 aliphatic rings. The number of nitrogens with zero attached hydrogens (tertiary/aromatic N) is 3. The van der Waals surface area contributed by atoms with Crippen molar-refractivity contribution in [2.24, 2.45) is 0 Å². The minimum Gasteiger partial charge on any atom is -0.331 e. The van der Waals surface area contributed by atoms with Crippen molar-refractivity contribution in [1.29, 1.82) is 5.26 Å². The molecule has 0 aromatic carbocycles. The van der Waals surface area contributed by atoms with Crippen molar-refractivity contribution in [3.05, 3.63) is 39.8 Å². The van der Waals surface area contributed by atoms with Crippen molar-refractivity contribution >= 4 is 11.0 Å². The van der Waals surface area contributed by atoms with Gasteiger partial charge in [-0.05, 0) is 26.0 Å². The molecule has 0 unspecified atom stereocenters. The van der Waals surface area contributed by atoms with E-state index in [0.717, 1.165) is 5.69 Å². The van der Waals surface area contributed by atoms with E-state index in [1.807, 2.05) is 24.5 Å². The van der Waals surface area contributed by atoms with E-state index in [0.29, 0.717) is 17.6 Å². The van der Waals surface area contributed by atoms with Gasteiger partial charge in [-0.2, -0.15) is 5.26 Å². The summed E-state index contributed by atoms with van der Waals surface area (Å²) in [4.78, 5) is 16.2. The van der Waals surface area contributed by atoms with E-state index >= 15 is 0 Å². The van der Waals surface area contributed by atoms with Crippen LogP contribution in [0, 0.1) is 18.3 Å². The summed E-state index contributed by atoms with van der Waals surface area (Å²) in [5, 5.41) is 9.37. The molecule has 0 atom stereocenters. The molecule has 0 saturated heterocycles. The predicted molar refractivity (Wildman–Crippen MR) is 61.1 cm³/mol. The summed E-state index contributed by atoms with van der Waals surface area (Å²) in [6, 6.07) is 5.43. The van der Waals surface area contributed by atoms with Gasteiger partial charge in [-0.3, -0.25) is 4.79 Å². The van der Waals surface area contributed by atoms with Crippen LogP contribution in [0.3, 0.4) is 0 Å². The Morgan fingerprint density at radius 3 is 2.88 bits per heavy atom. The molecule has 0 fully saturated rings. The Morgan fingerprint density at radius 1 is 1.50 bits per heavy atom. The minimum atomic E-state index is -0.241. The maximum absolute atomic E-state index is 11.9. The van der Waals surface area contributed by atoms with Gasteiger partial charge in [-0.25, -0.2) is 4.98 Å². The van der Waals surface area contributed by atoms with E-state index in [-0.39, 0.29) is 11.0 Å². The van der Waals surface area contributed by atoms with Crippen molar-refractivity contribution in [1.82, 2.24) is 9.55 Å². The van der Waals surface area contributed by atoms with Crippen LogP contribution < -0.4 is 5.43 Å². The molecule has 4 nitrogen and oxygen atoms in total. The van der Waals surface area contributed by atoms with Crippen LogP contribution in [-0.4, -0.2) is 9.55 Å². The van der Waals surface area contributed by atoms with Gasteiger partial charge in [0.1, 0.15) is 17.3 Å². The SMILES string of the molecule is CCn1cc([13C]#N)c(=O)c2ccc(C)nc21. The first-order valence-corrected chi connectivity index (χ1v) is 5.08. The van der Waals surface area contributed by atoms with Gasteiger partial charge >= 0.3 is 0 Å². The van der Waals surface area contributed by atoms with Gasteiger partial charge in [0.25, 0.3) is 0 Å². The monoisotopic (exact) mass is 214 g/mol. The number of fused-ring (bicyclic) bond motifs is 1. The summed E-state index contributed by atoms with van der Waals surface area (Å²) < 4.78 is 1.82. The number of hydrogen-bond acceptors (Lipinski definition) is 3. The lowest BCUT2D eigenvalue weighted by atomic mass is 10.2. The lowest BCUT2D eigenvalue weighted by Gasteiger charge is -2.08. The van der Waals surface area contributed by atoms with Crippen LogP contribution in [0.4, 0.5) is 0 Å². The van der Waals surface area contributed by atoms with E-state index < -0.39 is 0 Å². The predicted octanol–water partition coefficient (Wildman–Crippen LogP) is 1.60. The molecule has 0 spiro atoms. The fraction of sp³-hybridized carbons (Fsp3) is 0.250. The number of aromatic nitrogens is 2. The molecule has 0 radical (unpaired) electrons. The van der Waals surface area contributed by atoms with Gasteiger partial charge in [-0.1, -0.05) is 0 Å². The second kappa shape index (κ2) is 3.78. The second-order valence-electron chi connectivity index (χ2n) is 3.59. The van der Waals surface area contributed by atoms with Crippen molar-refractivity contribution in [3.8, 4) is 6.07 Å². The summed E-state index contributed by atoms with van der Waals surface area (Å²) in [5.74, 6) is 0. The average molecular weight is 214 g/mol. The zero-order chi connectivity index (χ0) is 11.7. The highest BCUT2D eigenvalue weighted by molar-refractivity contribution is 5.76. The maximum atomic E-state index is 11.9. The van der Waals surface area contributed by atoms with Crippen molar-refractivity contribution in [2.45, 2.75) is 20.4 Å². The highest BCUT2D eigenvalue weighted by Gasteiger charge is 2.08. The average Bonchev–Trinajstić information content (AvgIpc) is 2.29. The Bertz CT molecular complexity index is 650. The fourth-order valence-corrected chi connectivity index (χ4v) is 1.68. The number of nitriles is 1. The summed E-state index contributed by atoms with van der Waals surface area (Å²) in [6.45, 7) is 4.51. The van der Waals surface area contributed by atoms with Crippen LogP contribution in [0.15, 0.2) is 23.1 Å². The van der Waals surface area contributed by atoms with Gasteiger partial charge < -0.3 is 4.57 Å². The molecule has 0 bridgehead atoms. The number of pyridine rings is 2. The lowest BCUT2D eigenvalue weighted by Crippen LogP contribution is -2.13. The molecule has 2 aromatic heterocycles. The van der Waals surface area contributed by atoms with E-state index in [2.05, 4.69) is 4.98 Å². The zero-order valence-corrected chi connectivity index (χ0v) is 9.19. The largest absolute Gasteiger partial charge is 0.331 e. The van der Waals surface area contributed by atoms with Crippen LogP contribution >= 0.6 is 0 Å². The third-order valence-electron chi connectivity index (χ3n) is 2.52. The van der Waals surface area contributed by atoms with E-state index in [9.17, 15) is 4.79 Å². The van der Waals surface area contributed by atoms with Gasteiger partial charge in [0.05, 0.1) is 5.39 Å². The Hall–Kier alpha value is -2.15. The number of aryl methyl sites for hydroxylation is 2. The van der Waals surface area contributed by atoms with Crippen molar-refractivity contribution < 1.29 is 0 Å². The Labute approximate surface area is 92.8 Å². The number of hydrogen-bond donors (Lipinski definition) is 0. The molecule has 2 rings (SSSR count). The Kier molecular flexibility index (Phi) is 2.45. The number of rotatable bonds is 1. The van der Waals surface area contributed by atoms with Crippen LogP contribution in [-0.2, 0) is 6.54 Å². The first-order valence-electron chi connectivity index (χ1n) is 5.08. The molecule has 4 heteroatoms. The van der Waals surface area contributed by atoms with Crippen LogP contribution in [0.5, 0.6) is 0 Å². The molecule has 80 valence electrons. The molecule has 0 N–H and O–H groups in total. The highest BCUT2D eigenvalue weighted by atomic mass is 16.1. The summed E-state index contributed by atoms with van der Waals surface area (Å²) >= 11 is 0. The molecule has 0 aliphatic heterocycles. The zero-order valence-electron chi connectivity index (χ0n) is 9.19. The molecule has 0 amide bonds. The topological polar surface area (TPSA) is 58.7 Å². The van der Waals surface area contributed by atoms with Gasteiger partial charge in [0.15, 0.2) is 0 Å². The summed E-state index contributed by atoms with van der Waals surface area (Å²) in [7, 11) is 0. The summed E-state index contributed by atoms with van der Waals surface area (Å²) in [5.41, 5.74) is 1.43. The Balaban J connectivity index is 2.98. The minimum absolute atomic E-state index is 0.167. The lowest BCUT2D eigenvalue weighted by molar-refractivity contribution is 0.773. The van der Waals surface area contributed by atoms with Gasteiger partial charge in [-0.15, -0.1) is 0 Å². The van der Waals surface area contributed by atoms with Gasteiger partial charge in [0.2, 0.25) is 5.43 Å². The molecule has 2 aromatic rings. The van der Waals surface area contributed by atoms with Gasteiger partial charge in [0, 0.05) is 18.4 Å². The quantitative estimate of drug-likeness (QED) is 0.677. The van der Waals surface area contributed by atoms with Crippen molar-refractivity contribution in [2.75, 3.05) is 0 Å². The highest BCUT2D eigenvalue weighted by Crippen LogP contribution is 2.10. The third-order valence-corrected chi connectivity index (χ3v) is 2.52. The molecule has 2 heterocycles. The third kappa shape index (κ3) is 1.47. The molecular formula is C12H11N3O. The van der Waals surface area contributed by atoms with Crippen molar-refractivity contribution in [3.63, 3.8) is 0 Å². The normalized spacial score (nSPS) is 10.3. The smallest absolute Gasteiger partial charge is 0.208 e. The second-order valence-corrected chi connectivity index (χ2v) is 3.59. The summed E-state index contributed by atoms with van der Waals surface area (Å²) in [6.07, 6.45) is 1.57. The first kappa shape index (κ1) is 10.4. The first-order chi connectivity index (χ1) is 7.67. The van der Waals surface area contributed by atoms with Crippen LogP contribution in [0.2, 0.25) is 0 Å². The molecule has 16 heavy (non-hydrogen) atoms. The molecule has 0 saturated carbocycles. The van der Waals surface area contributed by atoms with E-state index in [1.54, 1.807) is 18.3 Å². The Morgan fingerprint density at radius 2 is 2.25 bits per heavy atom. The van der Waals surface area contributed by atoms with Crippen LogP contribution in [0.25, 0.3) is 11.0 Å². The van der Waals surface area contributed by atoms with E-state index in [4.69, 9.17) is 5.26 Å².